The third-order valence-electron chi connectivity index (χ3n) is 5.82. The number of H-pyrrole nitrogens is 1. The first-order valence-electron chi connectivity index (χ1n) is 11.7. The summed E-state index contributed by atoms with van der Waals surface area (Å²) in [5.74, 6) is -1.08. The van der Waals surface area contributed by atoms with Crippen LogP contribution in [-0.2, 0) is 26.8 Å². The molecule has 0 aliphatic heterocycles. The van der Waals surface area contributed by atoms with E-state index >= 15 is 0 Å². The van der Waals surface area contributed by atoms with E-state index in [2.05, 4.69) is 36.4 Å². The fourth-order valence-electron chi connectivity index (χ4n) is 3.97. The van der Waals surface area contributed by atoms with Crippen LogP contribution < -0.4 is 16.4 Å². The molecule has 0 aliphatic carbocycles. The molecule has 5 N–H and O–H groups in total. The molecule has 5 rings (SSSR count). The number of anilines is 2. The summed E-state index contributed by atoms with van der Waals surface area (Å²) >= 11 is 6.13. The van der Waals surface area contributed by atoms with Gasteiger partial charge in [0, 0.05) is 22.5 Å². The number of rotatable bonds is 9. The Hall–Kier alpha value is -4.62. The Labute approximate surface area is 229 Å². The normalized spacial score (nSPS) is 12.6. The molecular weight excluding hydrogens is 542 g/mol. The van der Waals surface area contributed by atoms with Crippen LogP contribution in [0.25, 0.3) is 16.6 Å². The molecule has 0 spiro atoms. The second-order valence-corrected chi connectivity index (χ2v) is 10.4. The van der Waals surface area contributed by atoms with Crippen molar-refractivity contribution in [1.82, 2.24) is 35.7 Å². The maximum Gasteiger partial charge on any atom is 0.247 e. The molecule has 2 amide bonds. The number of nitrogens with two attached hydrogens (primary N) is 1. The van der Waals surface area contributed by atoms with E-state index < -0.39 is 34.4 Å². The van der Waals surface area contributed by atoms with Crippen molar-refractivity contribution < 1.29 is 13.8 Å². The first-order chi connectivity index (χ1) is 18.9. The first-order valence-corrected chi connectivity index (χ1v) is 13.4. The molecule has 12 nitrogen and oxygen atoms in total. The Balaban J connectivity index is 1.33. The molecule has 5 aromatic rings. The summed E-state index contributed by atoms with van der Waals surface area (Å²) in [4.78, 5) is 26.6. The van der Waals surface area contributed by atoms with Gasteiger partial charge in [0.05, 0.1) is 26.9 Å². The van der Waals surface area contributed by atoms with Gasteiger partial charge < -0.3 is 16.4 Å². The van der Waals surface area contributed by atoms with Gasteiger partial charge in [-0.1, -0.05) is 41.9 Å². The quantitative estimate of drug-likeness (QED) is 0.211. The van der Waals surface area contributed by atoms with Gasteiger partial charge in [0.25, 0.3) is 0 Å². The van der Waals surface area contributed by atoms with Crippen LogP contribution in [0.15, 0.2) is 78.0 Å². The minimum absolute atomic E-state index is 0.220. The fraction of sp³-hybridized carbons (Fsp3) is 0.120. The van der Waals surface area contributed by atoms with Gasteiger partial charge in [0.15, 0.2) is 5.82 Å². The van der Waals surface area contributed by atoms with Crippen LogP contribution in [0.1, 0.15) is 5.56 Å². The summed E-state index contributed by atoms with van der Waals surface area (Å²) in [7, 11) is -1.81. The Morgan fingerprint density at radius 1 is 1.10 bits per heavy atom. The van der Waals surface area contributed by atoms with E-state index in [1.54, 1.807) is 30.3 Å². The number of carbonyl (C=O) groups is 2. The van der Waals surface area contributed by atoms with E-state index in [1.165, 1.54) is 17.1 Å². The molecule has 2 atom stereocenters. The molecule has 0 aliphatic rings. The van der Waals surface area contributed by atoms with Gasteiger partial charge in [-0.3, -0.25) is 18.9 Å². The Morgan fingerprint density at radius 2 is 1.92 bits per heavy atom. The maximum atomic E-state index is 13.3. The highest BCUT2D eigenvalue weighted by Gasteiger charge is 2.24. The van der Waals surface area contributed by atoms with E-state index in [1.807, 2.05) is 30.3 Å². The average Bonchev–Trinajstić information content (AvgIpc) is 3.59. The van der Waals surface area contributed by atoms with Crippen molar-refractivity contribution in [3.63, 3.8) is 0 Å². The Kier molecular flexibility index (Phi) is 7.61. The number of nitrogens with one attached hydrogen (secondary N) is 3. The monoisotopic (exact) mass is 563 g/mol. The Bertz CT molecular complexity index is 1660. The van der Waals surface area contributed by atoms with E-state index in [-0.39, 0.29) is 11.3 Å². The summed E-state index contributed by atoms with van der Waals surface area (Å²) in [6.07, 6.45) is 1.57. The van der Waals surface area contributed by atoms with Gasteiger partial charge in [-0.2, -0.15) is 9.78 Å². The number of aromatic nitrogens is 6. The molecule has 0 fully saturated rings. The van der Waals surface area contributed by atoms with Crippen LogP contribution >= 0.6 is 11.6 Å². The SMILES string of the molecule is Nc1n[nH]c2cc(NC(=O)[C@H](Cc3ccccc3)NC(=O)CS(=O)c3cc(Cl)ccc3-n3cnnn3)ccc12. The van der Waals surface area contributed by atoms with Crippen molar-refractivity contribution in [2.45, 2.75) is 17.4 Å². The van der Waals surface area contributed by atoms with Crippen molar-refractivity contribution in [2.75, 3.05) is 16.8 Å². The maximum absolute atomic E-state index is 13.3. The standard InChI is InChI=1S/C25H22ClN9O3S/c26-16-6-9-21(35-14-28-33-34-35)22(11-16)39(38)13-23(36)30-20(10-15-4-2-1-3-5-15)25(37)29-17-7-8-18-19(12-17)31-32-24(18)27/h1-9,11-12,14,20H,10,13H2,(H,29,37)(H,30,36)(H3,27,31,32)/t20-,39?/m0/s1. The fourth-order valence-corrected chi connectivity index (χ4v) is 5.34. The predicted octanol–water partition coefficient (Wildman–Crippen LogP) is 2.25. The lowest BCUT2D eigenvalue weighted by Gasteiger charge is -2.19. The van der Waals surface area contributed by atoms with Gasteiger partial charge in [-0.15, -0.1) is 5.10 Å². The summed E-state index contributed by atoms with van der Waals surface area (Å²) in [6, 6.07) is 18.2. The lowest BCUT2D eigenvalue weighted by Crippen LogP contribution is -2.46. The van der Waals surface area contributed by atoms with Crippen LogP contribution in [0.5, 0.6) is 0 Å². The molecule has 0 bridgehead atoms. The smallest absolute Gasteiger partial charge is 0.247 e. The summed E-state index contributed by atoms with van der Waals surface area (Å²) in [6.45, 7) is 0. The zero-order chi connectivity index (χ0) is 27.4. The molecule has 14 heteroatoms. The van der Waals surface area contributed by atoms with Gasteiger partial charge in [-0.05, 0) is 52.4 Å². The summed E-state index contributed by atoms with van der Waals surface area (Å²) in [5, 5.41) is 24.4. The lowest BCUT2D eigenvalue weighted by molar-refractivity contribution is -0.124. The second-order valence-electron chi connectivity index (χ2n) is 8.52. The molecule has 2 heterocycles. The number of hydrogen-bond acceptors (Lipinski definition) is 8. The summed E-state index contributed by atoms with van der Waals surface area (Å²) in [5.41, 5.74) is 8.24. The zero-order valence-electron chi connectivity index (χ0n) is 20.2. The van der Waals surface area contributed by atoms with Gasteiger partial charge >= 0.3 is 0 Å². The number of halogens is 1. The molecular formula is C25H22ClN9O3S. The van der Waals surface area contributed by atoms with Crippen LogP contribution in [0.2, 0.25) is 5.02 Å². The number of carbonyl (C=O) groups excluding carboxylic acids is 2. The van der Waals surface area contributed by atoms with E-state index in [0.29, 0.717) is 27.7 Å². The van der Waals surface area contributed by atoms with Gasteiger partial charge in [0.1, 0.15) is 18.1 Å². The number of tetrazole rings is 1. The first kappa shape index (κ1) is 26.0. The van der Waals surface area contributed by atoms with E-state index in [9.17, 15) is 13.8 Å². The third-order valence-corrected chi connectivity index (χ3v) is 7.40. The second kappa shape index (κ2) is 11.4. The van der Waals surface area contributed by atoms with Crippen molar-refractivity contribution in [1.29, 1.82) is 0 Å². The topological polar surface area (TPSA) is 174 Å². The molecule has 39 heavy (non-hydrogen) atoms. The highest BCUT2D eigenvalue weighted by Crippen LogP contribution is 2.23. The van der Waals surface area contributed by atoms with Crippen LogP contribution in [0.4, 0.5) is 11.5 Å². The van der Waals surface area contributed by atoms with Crippen molar-refractivity contribution in [2.24, 2.45) is 0 Å². The number of hydrogen-bond donors (Lipinski definition) is 4. The van der Waals surface area contributed by atoms with Crippen LogP contribution in [-0.4, -0.2) is 58.2 Å². The number of fused-ring (bicyclic) bond motifs is 1. The average molecular weight is 564 g/mol. The van der Waals surface area contributed by atoms with Gasteiger partial charge in [0.2, 0.25) is 11.8 Å². The molecule has 0 saturated carbocycles. The lowest BCUT2D eigenvalue weighted by atomic mass is 10.0. The number of aromatic amines is 1. The molecule has 0 saturated heterocycles. The summed E-state index contributed by atoms with van der Waals surface area (Å²) < 4.78 is 14.6. The van der Waals surface area contributed by atoms with E-state index in [4.69, 9.17) is 17.3 Å². The molecule has 198 valence electrons. The minimum atomic E-state index is -1.81. The van der Waals surface area contributed by atoms with Crippen LogP contribution in [0, 0.1) is 0 Å². The molecule has 0 radical (unpaired) electrons. The van der Waals surface area contributed by atoms with Gasteiger partial charge in [-0.25, -0.2) is 0 Å². The van der Waals surface area contributed by atoms with Crippen molar-refractivity contribution in [3.8, 4) is 5.69 Å². The number of nitrogen functional groups attached to an aromatic ring is 1. The highest BCUT2D eigenvalue weighted by molar-refractivity contribution is 7.86. The number of benzene rings is 3. The molecule has 2 aromatic heterocycles. The third kappa shape index (κ3) is 6.10. The molecule has 1 unspecified atom stereocenters. The zero-order valence-corrected chi connectivity index (χ0v) is 21.8. The number of amides is 2. The van der Waals surface area contributed by atoms with Crippen molar-refractivity contribution in [3.05, 3.63) is 83.6 Å². The largest absolute Gasteiger partial charge is 0.382 e. The van der Waals surface area contributed by atoms with Crippen molar-refractivity contribution >= 4 is 56.6 Å². The Morgan fingerprint density at radius 3 is 2.69 bits per heavy atom. The number of nitrogens with zero attached hydrogens (tertiary/aromatic N) is 5. The van der Waals surface area contributed by atoms with E-state index in [0.717, 1.165) is 10.9 Å². The van der Waals surface area contributed by atoms with Crippen LogP contribution in [0.3, 0.4) is 0 Å². The molecule has 3 aromatic carbocycles. The highest BCUT2D eigenvalue weighted by atomic mass is 35.5. The predicted molar refractivity (Wildman–Crippen MR) is 147 cm³/mol. The minimum Gasteiger partial charge on any atom is -0.382 e.